The van der Waals surface area contributed by atoms with Gasteiger partial charge in [0, 0.05) is 35.2 Å². The van der Waals surface area contributed by atoms with Crippen molar-refractivity contribution in [3.63, 3.8) is 0 Å². The molecule has 0 radical (unpaired) electrons. The van der Waals surface area contributed by atoms with Crippen LogP contribution in [-0.2, 0) is 16.0 Å². The third kappa shape index (κ3) is 5.66. The number of hydrogen-bond acceptors (Lipinski definition) is 6. The number of carbonyl (C=O) groups excluding carboxylic acids is 1. The van der Waals surface area contributed by atoms with Crippen LogP contribution in [0.2, 0.25) is 0 Å². The highest BCUT2D eigenvalue weighted by molar-refractivity contribution is 5.73. The first kappa shape index (κ1) is 25.7. The molecule has 0 unspecified atom stereocenters. The number of halogens is 1. The second kappa shape index (κ2) is 11.2. The van der Waals surface area contributed by atoms with Gasteiger partial charge in [0.2, 0.25) is 5.88 Å². The van der Waals surface area contributed by atoms with Crippen LogP contribution >= 0.6 is 0 Å². The number of nitrogens with zero attached hydrogens (tertiary/aromatic N) is 1. The number of pyridine rings is 1. The van der Waals surface area contributed by atoms with E-state index in [2.05, 4.69) is 23.7 Å². The fraction of sp³-hybridized carbons (Fsp3) is 0.355. The SMILES string of the molecule is CC#CCCC(=O)Oc1ccccc1O[C@@H]1CCc2c(-c3ccc(OCC4(C)COC4)nc3)ccc(F)c21. The summed E-state index contributed by atoms with van der Waals surface area (Å²) in [4.78, 5) is 16.7. The van der Waals surface area contributed by atoms with Gasteiger partial charge in [-0.3, -0.25) is 4.79 Å². The van der Waals surface area contributed by atoms with Gasteiger partial charge in [-0.25, -0.2) is 9.37 Å². The second-order valence-corrected chi connectivity index (χ2v) is 9.96. The molecule has 1 saturated heterocycles. The van der Waals surface area contributed by atoms with Gasteiger partial charge in [0.15, 0.2) is 11.5 Å². The number of carbonyl (C=O) groups is 1. The minimum Gasteiger partial charge on any atom is -0.482 e. The summed E-state index contributed by atoms with van der Waals surface area (Å²) >= 11 is 0. The lowest BCUT2D eigenvalue weighted by Crippen LogP contribution is -2.44. The van der Waals surface area contributed by atoms with Crippen molar-refractivity contribution in [3.8, 4) is 40.3 Å². The highest BCUT2D eigenvalue weighted by atomic mass is 19.1. The van der Waals surface area contributed by atoms with E-state index in [9.17, 15) is 4.79 Å². The van der Waals surface area contributed by atoms with E-state index in [-0.39, 0.29) is 23.6 Å². The van der Waals surface area contributed by atoms with Crippen molar-refractivity contribution >= 4 is 5.97 Å². The summed E-state index contributed by atoms with van der Waals surface area (Å²) in [5.41, 5.74) is 3.27. The summed E-state index contributed by atoms with van der Waals surface area (Å²) in [5, 5.41) is 0. The summed E-state index contributed by atoms with van der Waals surface area (Å²) in [5.74, 6) is 6.18. The molecule has 6 nitrogen and oxygen atoms in total. The molecule has 196 valence electrons. The van der Waals surface area contributed by atoms with Gasteiger partial charge in [-0.1, -0.05) is 25.1 Å². The first-order valence-electron chi connectivity index (χ1n) is 12.8. The van der Waals surface area contributed by atoms with Crippen molar-refractivity contribution in [1.82, 2.24) is 4.98 Å². The van der Waals surface area contributed by atoms with Gasteiger partial charge in [-0.2, -0.15) is 0 Å². The molecule has 1 aromatic heterocycles. The van der Waals surface area contributed by atoms with E-state index in [0.29, 0.717) is 62.0 Å². The van der Waals surface area contributed by atoms with Gasteiger partial charge in [0.05, 0.1) is 26.2 Å². The molecule has 1 atom stereocenters. The van der Waals surface area contributed by atoms with E-state index in [1.165, 1.54) is 6.07 Å². The highest BCUT2D eigenvalue weighted by Crippen LogP contribution is 2.43. The summed E-state index contributed by atoms with van der Waals surface area (Å²) in [6.45, 7) is 5.78. The Morgan fingerprint density at radius 2 is 1.97 bits per heavy atom. The number of hydrogen-bond donors (Lipinski definition) is 0. The Labute approximate surface area is 222 Å². The van der Waals surface area contributed by atoms with E-state index in [1.54, 1.807) is 43.5 Å². The van der Waals surface area contributed by atoms with Gasteiger partial charge in [-0.15, -0.1) is 11.8 Å². The van der Waals surface area contributed by atoms with Gasteiger partial charge < -0.3 is 18.9 Å². The lowest BCUT2D eigenvalue weighted by atomic mass is 9.90. The van der Waals surface area contributed by atoms with Crippen molar-refractivity contribution in [2.45, 2.75) is 45.6 Å². The molecule has 1 aliphatic heterocycles. The van der Waals surface area contributed by atoms with Gasteiger partial charge in [0.1, 0.15) is 11.9 Å². The minimum absolute atomic E-state index is 0.0355. The van der Waals surface area contributed by atoms with Crippen molar-refractivity contribution < 1.29 is 28.1 Å². The van der Waals surface area contributed by atoms with Crippen LogP contribution < -0.4 is 14.2 Å². The Kier molecular flexibility index (Phi) is 7.62. The zero-order valence-electron chi connectivity index (χ0n) is 21.6. The van der Waals surface area contributed by atoms with Crippen LogP contribution in [0.1, 0.15) is 50.3 Å². The molecule has 0 spiro atoms. The van der Waals surface area contributed by atoms with E-state index < -0.39 is 6.10 Å². The number of aromatic nitrogens is 1. The quantitative estimate of drug-likeness (QED) is 0.196. The number of ether oxygens (including phenoxy) is 4. The fourth-order valence-electron chi connectivity index (χ4n) is 4.72. The summed E-state index contributed by atoms with van der Waals surface area (Å²) < 4.78 is 38.0. The molecule has 1 fully saturated rings. The van der Waals surface area contributed by atoms with Crippen LogP contribution in [0, 0.1) is 23.1 Å². The number of fused-ring (bicyclic) bond motifs is 1. The molecule has 5 rings (SSSR count). The molecule has 1 aliphatic carbocycles. The first-order valence-corrected chi connectivity index (χ1v) is 12.8. The van der Waals surface area contributed by atoms with Crippen LogP contribution in [0.3, 0.4) is 0 Å². The molecule has 0 N–H and O–H groups in total. The standard InChI is InChI=1S/C31H30FNO5/c1-3-4-5-10-29(34)38-26-9-7-6-8-25(26)37-27-15-13-23-22(12-14-24(32)30(23)27)21-11-16-28(33-17-21)36-20-31(2)18-35-19-31/h6-9,11-12,14,16-17,27H,5,10,13,15,18-20H2,1-2H3/t27-/m1/s1. The number of para-hydroxylation sites is 2. The van der Waals surface area contributed by atoms with Gasteiger partial charge in [0.25, 0.3) is 0 Å². The van der Waals surface area contributed by atoms with Crippen LogP contribution in [-0.4, -0.2) is 30.8 Å². The topological polar surface area (TPSA) is 66.9 Å². The average Bonchev–Trinajstić information content (AvgIpc) is 3.33. The van der Waals surface area contributed by atoms with E-state index >= 15 is 4.39 Å². The van der Waals surface area contributed by atoms with Crippen LogP contribution in [0.5, 0.6) is 17.4 Å². The Morgan fingerprint density at radius 3 is 2.68 bits per heavy atom. The lowest BCUT2D eigenvalue weighted by molar-refractivity contribution is -0.134. The van der Waals surface area contributed by atoms with Crippen molar-refractivity contribution in [3.05, 3.63) is 71.7 Å². The lowest BCUT2D eigenvalue weighted by Gasteiger charge is -2.37. The number of esters is 1. The molecule has 0 saturated carbocycles. The Balaban J connectivity index is 1.32. The maximum absolute atomic E-state index is 15.1. The zero-order chi connectivity index (χ0) is 26.5. The van der Waals surface area contributed by atoms with Crippen molar-refractivity contribution in [2.24, 2.45) is 5.41 Å². The highest BCUT2D eigenvalue weighted by Gasteiger charge is 2.34. The Bertz CT molecular complexity index is 1370. The third-order valence-corrected chi connectivity index (χ3v) is 6.77. The molecule has 7 heteroatoms. The predicted molar refractivity (Wildman–Crippen MR) is 141 cm³/mol. The van der Waals surface area contributed by atoms with Gasteiger partial charge in [-0.05, 0) is 55.2 Å². The summed E-state index contributed by atoms with van der Waals surface area (Å²) in [6.07, 6.45) is 3.13. The first-order chi connectivity index (χ1) is 18.5. The maximum atomic E-state index is 15.1. The van der Waals surface area contributed by atoms with E-state index in [4.69, 9.17) is 18.9 Å². The smallest absolute Gasteiger partial charge is 0.312 e. The number of rotatable bonds is 9. The van der Waals surface area contributed by atoms with E-state index in [1.807, 2.05) is 12.1 Å². The second-order valence-electron chi connectivity index (χ2n) is 9.96. The monoisotopic (exact) mass is 515 g/mol. The molecule has 0 bridgehead atoms. The molecule has 38 heavy (non-hydrogen) atoms. The van der Waals surface area contributed by atoms with Crippen LogP contribution in [0.15, 0.2) is 54.7 Å². The Hall–Kier alpha value is -3.89. The van der Waals surface area contributed by atoms with Gasteiger partial charge >= 0.3 is 5.97 Å². The van der Waals surface area contributed by atoms with Crippen molar-refractivity contribution in [2.75, 3.05) is 19.8 Å². The van der Waals surface area contributed by atoms with Crippen LogP contribution in [0.25, 0.3) is 11.1 Å². The van der Waals surface area contributed by atoms with E-state index in [0.717, 1.165) is 16.7 Å². The zero-order valence-corrected chi connectivity index (χ0v) is 21.6. The largest absolute Gasteiger partial charge is 0.482 e. The fourth-order valence-corrected chi connectivity index (χ4v) is 4.72. The average molecular weight is 516 g/mol. The summed E-state index contributed by atoms with van der Waals surface area (Å²) in [6, 6.07) is 14.0. The number of benzene rings is 2. The summed E-state index contributed by atoms with van der Waals surface area (Å²) in [7, 11) is 0. The predicted octanol–water partition coefficient (Wildman–Crippen LogP) is 6.08. The molecule has 3 aromatic rings. The molecule has 2 heterocycles. The third-order valence-electron chi connectivity index (χ3n) is 6.77. The molecular formula is C31H30FNO5. The molecule has 0 amide bonds. The van der Waals surface area contributed by atoms with Crippen molar-refractivity contribution in [1.29, 1.82) is 0 Å². The molecular weight excluding hydrogens is 485 g/mol. The Morgan fingerprint density at radius 1 is 1.16 bits per heavy atom. The van der Waals surface area contributed by atoms with Crippen LogP contribution in [0.4, 0.5) is 4.39 Å². The minimum atomic E-state index is -0.503. The normalized spacial score (nSPS) is 17.0. The molecule has 2 aliphatic rings. The maximum Gasteiger partial charge on any atom is 0.312 e. The molecule has 2 aromatic carbocycles.